The number of hydrogen-bond acceptors (Lipinski definition) is 1. The van der Waals surface area contributed by atoms with Gasteiger partial charge in [-0.15, -0.1) is 0 Å². The molecule has 0 atom stereocenters. The van der Waals surface area contributed by atoms with Gasteiger partial charge in [0, 0.05) is 11.6 Å². The number of nitrogens with one attached hydrogen (secondary N) is 1. The first kappa shape index (κ1) is 15.4. The van der Waals surface area contributed by atoms with Crippen LogP contribution in [0.1, 0.15) is 92.4 Å². The molecule has 0 aromatic carbocycles. The summed E-state index contributed by atoms with van der Waals surface area (Å²) in [6.45, 7) is 11.8. The van der Waals surface area contributed by atoms with Crippen molar-refractivity contribution in [3.05, 3.63) is 0 Å². The van der Waals surface area contributed by atoms with Gasteiger partial charge in [-0.2, -0.15) is 0 Å². The maximum Gasteiger partial charge on any atom is 0.0132 e. The smallest absolute Gasteiger partial charge is 0.0132 e. The van der Waals surface area contributed by atoms with Gasteiger partial charge in [-0.3, -0.25) is 0 Å². The van der Waals surface area contributed by atoms with E-state index in [1.807, 2.05) is 0 Å². The SMILES string of the molecule is CC(C)(C)CC(C)(C)NC1CCC2(CCCC2)CC1. The van der Waals surface area contributed by atoms with Crippen LogP contribution in [-0.2, 0) is 0 Å². The Morgan fingerprint density at radius 2 is 1.42 bits per heavy atom. The molecule has 2 saturated carbocycles. The van der Waals surface area contributed by atoms with Crippen LogP contribution in [0.5, 0.6) is 0 Å². The molecular weight excluding hydrogens is 230 g/mol. The van der Waals surface area contributed by atoms with E-state index in [1.54, 1.807) is 0 Å². The third-order valence-corrected chi connectivity index (χ3v) is 5.28. The van der Waals surface area contributed by atoms with Crippen LogP contribution in [0.2, 0.25) is 0 Å². The Labute approximate surface area is 120 Å². The third-order valence-electron chi connectivity index (χ3n) is 5.28. The molecule has 0 aromatic rings. The minimum atomic E-state index is 0.281. The first-order valence-corrected chi connectivity index (χ1v) is 8.48. The predicted molar refractivity (Wildman–Crippen MR) is 84.4 cm³/mol. The molecule has 1 heteroatoms. The van der Waals surface area contributed by atoms with Crippen LogP contribution in [0.4, 0.5) is 0 Å². The maximum atomic E-state index is 3.96. The maximum absolute atomic E-state index is 3.96. The van der Waals surface area contributed by atoms with Crippen LogP contribution in [0.15, 0.2) is 0 Å². The van der Waals surface area contributed by atoms with Gasteiger partial charge in [0.05, 0.1) is 0 Å². The average molecular weight is 265 g/mol. The molecule has 2 fully saturated rings. The first-order chi connectivity index (χ1) is 8.70. The molecular formula is C18H35N. The van der Waals surface area contributed by atoms with Gasteiger partial charge in [0.1, 0.15) is 0 Å². The number of hydrogen-bond donors (Lipinski definition) is 1. The van der Waals surface area contributed by atoms with Crippen molar-refractivity contribution >= 4 is 0 Å². The highest BCUT2D eigenvalue weighted by molar-refractivity contribution is 4.94. The van der Waals surface area contributed by atoms with Crippen molar-refractivity contribution < 1.29 is 0 Å². The largest absolute Gasteiger partial charge is 0.309 e. The Kier molecular flexibility index (Phi) is 4.35. The van der Waals surface area contributed by atoms with Crippen molar-refractivity contribution in [1.29, 1.82) is 0 Å². The molecule has 1 spiro atoms. The Balaban J connectivity index is 1.81. The van der Waals surface area contributed by atoms with Gasteiger partial charge in [0.2, 0.25) is 0 Å². The van der Waals surface area contributed by atoms with Crippen molar-refractivity contribution in [3.63, 3.8) is 0 Å². The summed E-state index contributed by atoms with van der Waals surface area (Å²) in [5.41, 5.74) is 1.47. The lowest BCUT2D eigenvalue weighted by molar-refractivity contribution is 0.138. The van der Waals surface area contributed by atoms with Crippen LogP contribution in [0.25, 0.3) is 0 Å². The van der Waals surface area contributed by atoms with Crippen molar-refractivity contribution in [3.8, 4) is 0 Å². The van der Waals surface area contributed by atoms with Crippen LogP contribution < -0.4 is 5.32 Å². The fraction of sp³-hybridized carbons (Fsp3) is 1.00. The zero-order chi connectivity index (χ0) is 14.1. The molecule has 0 amide bonds. The Morgan fingerprint density at radius 1 is 0.895 bits per heavy atom. The fourth-order valence-electron chi connectivity index (χ4n) is 4.93. The highest BCUT2D eigenvalue weighted by Crippen LogP contribution is 2.49. The van der Waals surface area contributed by atoms with Gasteiger partial charge < -0.3 is 5.32 Å². The van der Waals surface area contributed by atoms with E-state index in [1.165, 1.54) is 57.8 Å². The van der Waals surface area contributed by atoms with E-state index in [-0.39, 0.29) is 5.54 Å². The lowest BCUT2D eigenvalue weighted by Gasteiger charge is -2.42. The van der Waals surface area contributed by atoms with Crippen molar-refractivity contribution in [1.82, 2.24) is 5.32 Å². The second-order valence-electron chi connectivity index (χ2n) is 9.25. The van der Waals surface area contributed by atoms with E-state index in [9.17, 15) is 0 Å². The summed E-state index contributed by atoms with van der Waals surface area (Å²) in [6.07, 6.45) is 13.1. The molecule has 0 unspecified atom stereocenters. The summed E-state index contributed by atoms with van der Waals surface area (Å²) in [6, 6.07) is 0.767. The van der Waals surface area contributed by atoms with Gasteiger partial charge >= 0.3 is 0 Å². The summed E-state index contributed by atoms with van der Waals surface area (Å²) in [5, 5.41) is 3.96. The second-order valence-corrected chi connectivity index (χ2v) is 9.25. The van der Waals surface area contributed by atoms with Crippen molar-refractivity contribution in [2.24, 2.45) is 10.8 Å². The third kappa shape index (κ3) is 4.48. The molecule has 2 aliphatic rings. The summed E-state index contributed by atoms with van der Waals surface area (Å²) in [7, 11) is 0. The van der Waals surface area contributed by atoms with E-state index >= 15 is 0 Å². The molecule has 112 valence electrons. The average Bonchev–Trinajstić information content (AvgIpc) is 2.67. The Morgan fingerprint density at radius 3 is 1.89 bits per heavy atom. The lowest BCUT2D eigenvalue weighted by Crippen LogP contribution is -2.49. The van der Waals surface area contributed by atoms with Gasteiger partial charge in [0.15, 0.2) is 0 Å². The lowest BCUT2D eigenvalue weighted by atomic mass is 9.71. The molecule has 0 aliphatic heterocycles. The van der Waals surface area contributed by atoms with E-state index in [4.69, 9.17) is 0 Å². The van der Waals surface area contributed by atoms with E-state index in [2.05, 4.69) is 39.9 Å². The summed E-state index contributed by atoms with van der Waals surface area (Å²) < 4.78 is 0. The van der Waals surface area contributed by atoms with Crippen LogP contribution in [-0.4, -0.2) is 11.6 Å². The zero-order valence-corrected chi connectivity index (χ0v) is 13.9. The van der Waals surface area contributed by atoms with Gasteiger partial charge in [-0.05, 0) is 69.6 Å². The Bertz CT molecular complexity index is 281. The van der Waals surface area contributed by atoms with E-state index in [0.717, 1.165) is 11.5 Å². The van der Waals surface area contributed by atoms with Crippen molar-refractivity contribution in [2.75, 3.05) is 0 Å². The molecule has 2 rings (SSSR count). The summed E-state index contributed by atoms with van der Waals surface area (Å²) in [5.74, 6) is 0. The molecule has 1 N–H and O–H groups in total. The van der Waals surface area contributed by atoms with Crippen LogP contribution in [0, 0.1) is 10.8 Å². The van der Waals surface area contributed by atoms with Gasteiger partial charge in [-0.1, -0.05) is 33.6 Å². The predicted octanol–water partition coefficient (Wildman–Crippen LogP) is 5.29. The molecule has 0 aromatic heterocycles. The fourth-order valence-corrected chi connectivity index (χ4v) is 4.93. The molecule has 2 aliphatic carbocycles. The van der Waals surface area contributed by atoms with Crippen LogP contribution in [0.3, 0.4) is 0 Å². The standard InChI is InChI=1S/C18H35N/c1-16(2,3)14-17(4,5)19-15-8-12-18(13-9-15)10-6-7-11-18/h15,19H,6-14H2,1-5H3. The van der Waals surface area contributed by atoms with Gasteiger partial charge in [0.25, 0.3) is 0 Å². The topological polar surface area (TPSA) is 12.0 Å². The minimum Gasteiger partial charge on any atom is -0.309 e. The second kappa shape index (κ2) is 5.39. The molecule has 0 radical (unpaired) electrons. The highest BCUT2D eigenvalue weighted by Gasteiger charge is 2.38. The van der Waals surface area contributed by atoms with E-state index in [0.29, 0.717) is 5.41 Å². The van der Waals surface area contributed by atoms with Crippen LogP contribution >= 0.6 is 0 Å². The molecule has 0 heterocycles. The first-order valence-electron chi connectivity index (χ1n) is 8.48. The molecule has 1 nitrogen and oxygen atoms in total. The highest BCUT2D eigenvalue weighted by atomic mass is 15.0. The molecule has 0 saturated heterocycles. The summed E-state index contributed by atoms with van der Waals surface area (Å²) in [4.78, 5) is 0. The monoisotopic (exact) mass is 265 g/mol. The zero-order valence-electron chi connectivity index (χ0n) is 13.9. The van der Waals surface area contributed by atoms with Crippen molar-refractivity contribution in [2.45, 2.75) is 104 Å². The molecule has 19 heavy (non-hydrogen) atoms. The quantitative estimate of drug-likeness (QED) is 0.730. The normalized spacial score (nSPS) is 25.1. The van der Waals surface area contributed by atoms with E-state index < -0.39 is 0 Å². The number of rotatable bonds is 3. The van der Waals surface area contributed by atoms with Gasteiger partial charge in [-0.25, -0.2) is 0 Å². The minimum absolute atomic E-state index is 0.281. The molecule has 0 bridgehead atoms. The Hall–Kier alpha value is -0.0400. The summed E-state index contributed by atoms with van der Waals surface area (Å²) >= 11 is 0.